The molecule has 0 radical (unpaired) electrons. The van der Waals surface area contributed by atoms with Gasteiger partial charge in [-0.2, -0.15) is 13.2 Å². The minimum Gasteiger partial charge on any atom is -0.374 e. The molecule has 1 atom stereocenters. The van der Waals surface area contributed by atoms with E-state index in [1.54, 1.807) is 0 Å². The summed E-state index contributed by atoms with van der Waals surface area (Å²) in [5.41, 5.74) is -3.36. The van der Waals surface area contributed by atoms with Gasteiger partial charge in [0.15, 0.2) is 5.82 Å². The molecule has 1 aliphatic rings. The van der Waals surface area contributed by atoms with Crippen molar-refractivity contribution in [1.82, 2.24) is 19.4 Å². The topological polar surface area (TPSA) is 78.7 Å². The number of aliphatic hydroxyl groups is 1. The number of alkyl halides is 3. The summed E-state index contributed by atoms with van der Waals surface area (Å²) >= 11 is 5.91. The van der Waals surface area contributed by atoms with E-state index in [0.717, 1.165) is 27.8 Å². The van der Waals surface area contributed by atoms with Gasteiger partial charge in [-0.3, -0.25) is 9.59 Å². The molecule has 2 amide bonds. The highest BCUT2D eigenvalue weighted by atomic mass is 35.5. The van der Waals surface area contributed by atoms with Crippen molar-refractivity contribution in [2.24, 2.45) is 7.05 Å². The predicted molar refractivity (Wildman–Crippen MR) is 102 cm³/mol. The number of amides is 2. The van der Waals surface area contributed by atoms with Crippen LogP contribution in [-0.4, -0.2) is 68.6 Å². The van der Waals surface area contributed by atoms with Crippen molar-refractivity contribution >= 4 is 23.4 Å². The Morgan fingerprint density at radius 3 is 2.29 bits per heavy atom. The Hall–Kier alpha value is -2.66. The van der Waals surface area contributed by atoms with Gasteiger partial charge >= 0.3 is 6.18 Å². The molecule has 1 N–H and O–H groups in total. The lowest BCUT2D eigenvalue weighted by molar-refractivity contribution is -0.272. The van der Waals surface area contributed by atoms with Gasteiger partial charge in [-0.15, -0.1) is 0 Å². The second-order valence-corrected chi connectivity index (χ2v) is 7.60. The van der Waals surface area contributed by atoms with Crippen molar-refractivity contribution in [1.29, 1.82) is 0 Å². The zero-order chi connectivity index (χ0) is 23.0. The van der Waals surface area contributed by atoms with Crippen LogP contribution in [0, 0.1) is 5.82 Å². The average molecular weight is 463 g/mol. The third kappa shape index (κ3) is 4.52. The number of halogens is 5. The number of benzene rings is 1. The number of rotatable bonds is 4. The van der Waals surface area contributed by atoms with E-state index in [1.807, 2.05) is 0 Å². The smallest absolute Gasteiger partial charge is 0.374 e. The average Bonchev–Trinajstić information content (AvgIpc) is 3.13. The van der Waals surface area contributed by atoms with E-state index in [-0.39, 0.29) is 36.8 Å². The van der Waals surface area contributed by atoms with Crippen molar-refractivity contribution in [3.05, 3.63) is 52.8 Å². The van der Waals surface area contributed by atoms with Gasteiger partial charge in [-0.1, -0.05) is 11.6 Å². The van der Waals surface area contributed by atoms with E-state index >= 15 is 0 Å². The maximum Gasteiger partial charge on any atom is 0.425 e. The number of nitrogens with zero attached hydrogens (tertiary/aromatic N) is 4. The van der Waals surface area contributed by atoms with Gasteiger partial charge in [0, 0.05) is 45.6 Å². The van der Waals surface area contributed by atoms with Gasteiger partial charge in [-0.25, -0.2) is 9.37 Å². The normalized spacial score (nSPS) is 16.9. The number of aryl methyl sites for hydroxylation is 1. The molecule has 1 saturated heterocycles. The van der Waals surface area contributed by atoms with E-state index < -0.39 is 41.7 Å². The number of hydrogen-bond acceptors (Lipinski definition) is 4. The van der Waals surface area contributed by atoms with Crippen LogP contribution >= 0.6 is 11.6 Å². The van der Waals surface area contributed by atoms with Gasteiger partial charge < -0.3 is 19.5 Å². The minimum absolute atomic E-state index is 0.0299. The molecule has 7 nitrogen and oxygen atoms in total. The van der Waals surface area contributed by atoms with Crippen molar-refractivity contribution in [3.63, 3.8) is 0 Å². The molecule has 0 spiro atoms. The molecule has 1 aromatic carbocycles. The lowest BCUT2D eigenvalue weighted by Gasteiger charge is -2.37. The number of hydrogen-bond donors (Lipinski definition) is 1. The Labute approximate surface area is 179 Å². The molecule has 2 aromatic rings. The molecule has 3 rings (SSSR count). The summed E-state index contributed by atoms with van der Waals surface area (Å²) in [6.45, 7) is 0.0338. The van der Waals surface area contributed by atoms with E-state index in [0.29, 0.717) is 0 Å². The van der Waals surface area contributed by atoms with Crippen molar-refractivity contribution < 1.29 is 32.3 Å². The summed E-state index contributed by atoms with van der Waals surface area (Å²) in [5.74, 6) is -2.68. The maximum absolute atomic E-state index is 13.6. The maximum atomic E-state index is 13.6. The molecule has 0 saturated carbocycles. The third-order valence-corrected chi connectivity index (χ3v) is 5.46. The van der Waals surface area contributed by atoms with Gasteiger partial charge in [-0.05, 0) is 18.2 Å². The van der Waals surface area contributed by atoms with Crippen molar-refractivity contribution in [2.45, 2.75) is 18.2 Å². The van der Waals surface area contributed by atoms with Crippen LogP contribution in [0.25, 0.3) is 0 Å². The van der Waals surface area contributed by atoms with Crippen LogP contribution in [0.1, 0.15) is 22.6 Å². The van der Waals surface area contributed by atoms with Crippen molar-refractivity contribution in [3.8, 4) is 0 Å². The molecule has 1 fully saturated rings. The summed E-state index contributed by atoms with van der Waals surface area (Å²) in [5, 5.41) is 10.3. The summed E-state index contributed by atoms with van der Waals surface area (Å²) in [4.78, 5) is 31.2. The molecule has 1 aromatic heterocycles. The summed E-state index contributed by atoms with van der Waals surface area (Å²) in [6.07, 6.45) is -4.03. The molecule has 1 aliphatic heterocycles. The summed E-state index contributed by atoms with van der Waals surface area (Å²) in [7, 11) is 1.29. The molecule has 1 unspecified atom stereocenters. The highest BCUT2D eigenvalue weighted by Crippen LogP contribution is 2.41. The van der Waals surface area contributed by atoms with Crippen LogP contribution < -0.4 is 0 Å². The number of piperazine rings is 1. The standard InChI is InChI=1S/C19H19ClF4N4O3/c1-26-5-4-25-17(26)18(31,19(22,23)24)11-15(29)27-6-8-28(9-7-27)16(30)13-3-2-12(21)10-14(13)20/h2-5,10,31H,6-9,11H2,1H3. The Morgan fingerprint density at radius 2 is 1.77 bits per heavy atom. The quantitative estimate of drug-likeness (QED) is 0.707. The fourth-order valence-corrected chi connectivity index (χ4v) is 3.64. The van der Waals surface area contributed by atoms with Crippen LogP contribution in [0.15, 0.2) is 30.6 Å². The van der Waals surface area contributed by atoms with Gasteiger partial charge in [0.25, 0.3) is 5.91 Å². The predicted octanol–water partition coefficient (Wildman–Crippen LogP) is 2.34. The Kier molecular flexibility index (Phi) is 6.28. The van der Waals surface area contributed by atoms with Crippen LogP contribution in [0.5, 0.6) is 0 Å². The van der Waals surface area contributed by atoms with Crippen LogP contribution in [0.4, 0.5) is 17.6 Å². The highest BCUT2D eigenvalue weighted by molar-refractivity contribution is 6.33. The summed E-state index contributed by atoms with van der Waals surface area (Å²) in [6, 6.07) is 3.34. The molecule has 0 aliphatic carbocycles. The first-order valence-corrected chi connectivity index (χ1v) is 9.61. The number of carbonyl (C=O) groups excluding carboxylic acids is 2. The minimum atomic E-state index is -5.13. The first-order chi connectivity index (χ1) is 14.4. The van der Waals surface area contributed by atoms with E-state index in [2.05, 4.69) is 4.98 Å². The van der Waals surface area contributed by atoms with Gasteiger partial charge in [0.1, 0.15) is 5.82 Å². The van der Waals surface area contributed by atoms with Crippen LogP contribution in [0.2, 0.25) is 5.02 Å². The van der Waals surface area contributed by atoms with Crippen LogP contribution in [0.3, 0.4) is 0 Å². The Bertz CT molecular complexity index is 989. The van der Waals surface area contributed by atoms with E-state index in [4.69, 9.17) is 11.6 Å². The molecule has 31 heavy (non-hydrogen) atoms. The Morgan fingerprint density at radius 1 is 1.16 bits per heavy atom. The number of imidazole rings is 1. The number of carbonyl (C=O) groups is 2. The second kappa shape index (κ2) is 8.46. The van der Waals surface area contributed by atoms with Crippen molar-refractivity contribution in [2.75, 3.05) is 26.2 Å². The molecule has 168 valence electrons. The van der Waals surface area contributed by atoms with Crippen LogP contribution in [-0.2, 0) is 17.4 Å². The largest absolute Gasteiger partial charge is 0.425 e. The third-order valence-electron chi connectivity index (χ3n) is 5.15. The SMILES string of the molecule is Cn1ccnc1C(O)(CC(=O)N1CCN(C(=O)c2ccc(F)cc2Cl)CC1)C(F)(F)F. The monoisotopic (exact) mass is 462 g/mol. The first kappa shape index (κ1) is 23.0. The zero-order valence-electron chi connectivity index (χ0n) is 16.4. The van der Waals surface area contributed by atoms with E-state index in [1.165, 1.54) is 24.2 Å². The molecule has 2 heterocycles. The van der Waals surface area contributed by atoms with Gasteiger partial charge in [0.05, 0.1) is 17.0 Å². The fraction of sp³-hybridized carbons (Fsp3) is 0.421. The highest BCUT2D eigenvalue weighted by Gasteiger charge is 2.59. The fourth-order valence-electron chi connectivity index (χ4n) is 3.39. The first-order valence-electron chi connectivity index (χ1n) is 9.23. The molecular formula is C19H19ClF4N4O3. The Balaban J connectivity index is 1.68. The van der Waals surface area contributed by atoms with Gasteiger partial charge in [0.2, 0.25) is 11.5 Å². The molecule has 12 heteroatoms. The van der Waals surface area contributed by atoms with E-state index in [9.17, 15) is 32.3 Å². The second-order valence-electron chi connectivity index (χ2n) is 7.19. The lowest BCUT2D eigenvalue weighted by Crippen LogP contribution is -2.53. The molecular weight excluding hydrogens is 444 g/mol. The molecule has 0 bridgehead atoms. The summed E-state index contributed by atoms with van der Waals surface area (Å²) < 4.78 is 55.1. The lowest BCUT2D eigenvalue weighted by atomic mass is 9.96. The number of aromatic nitrogens is 2. The zero-order valence-corrected chi connectivity index (χ0v) is 17.1.